The fraction of sp³-hybridized carbons (Fsp3) is 0.615. The number of fused-ring (bicyclic) bond motifs is 1. The molecule has 0 saturated carbocycles. The van der Waals surface area contributed by atoms with Gasteiger partial charge in [0.25, 0.3) is 0 Å². The molecule has 10 nitrogen and oxygen atoms in total. The monoisotopic (exact) mass is 325 g/mol. The van der Waals surface area contributed by atoms with E-state index < -0.39 is 24.4 Å². The number of rotatable bonds is 5. The summed E-state index contributed by atoms with van der Waals surface area (Å²) in [5.74, 6) is -0.348. The molecule has 1 aliphatic heterocycles. The van der Waals surface area contributed by atoms with E-state index in [0.29, 0.717) is 17.8 Å². The first kappa shape index (κ1) is 15.9. The van der Waals surface area contributed by atoms with Crippen LogP contribution in [-0.4, -0.2) is 66.9 Å². The number of aliphatic hydroxyl groups excluding tert-OH is 3. The van der Waals surface area contributed by atoms with Crippen molar-refractivity contribution in [1.82, 2.24) is 19.5 Å². The highest BCUT2D eigenvalue weighted by molar-refractivity contribution is 5.77. The number of nitrogens with two attached hydrogens (primary N) is 1. The Kier molecular flexibility index (Phi) is 4.31. The minimum absolute atomic E-state index is 0.00704. The van der Waals surface area contributed by atoms with Crippen molar-refractivity contribution in [3.63, 3.8) is 0 Å². The van der Waals surface area contributed by atoms with Crippen LogP contribution < -0.4 is 10.5 Å². The molecule has 0 aromatic carbocycles. The Morgan fingerprint density at radius 2 is 2.13 bits per heavy atom. The molecule has 1 saturated heterocycles. The molecule has 0 radical (unpaired) electrons. The third-order valence-electron chi connectivity index (χ3n) is 3.88. The molecule has 126 valence electrons. The molecule has 3 rings (SSSR count). The zero-order valence-corrected chi connectivity index (χ0v) is 12.5. The molecule has 0 bridgehead atoms. The first-order chi connectivity index (χ1) is 11.1. The molecule has 10 heteroatoms. The Morgan fingerprint density at radius 3 is 2.74 bits per heavy atom. The van der Waals surface area contributed by atoms with Crippen molar-refractivity contribution in [2.75, 3.05) is 25.6 Å². The summed E-state index contributed by atoms with van der Waals surface area (Å²) in [4.78, 5) is 12.3. The van der Waals surface area contributed by atoms with E-state index in [-0.39, 0.29) is 25.0 Å². The Bertz CT molecular complexity index is 693. The second-order valence-electron chi connectivity index (χ2n) is 5.23. The SMILES string of the molecule is CCOc1nc(N)nc2c1ncn2[C@@H]1O[C@H](CO)[C@@H](CO)[C@H]1O. The van der Waals surface area contributed by atoms with E-state index in [1.165, 1.54) is 10.9 Å². The number of ether oxygens (including phenoxy) is 2. The van der Waals surface area contributed by atoms with E-state index >= 15 is 0 Å². The number of anilines is 1. The minimum atomic E-state index is -1.03. The average Bonchev–Trinajstić information content (AvgIpc) is 3.08. The summed E-state index contributed by atoms with van der Waals surface area (Å²) in [6.45, 7) is 1.58. The zero-order valence-electron chi connectivity index (χ0n) is 12.5. The molecule has 2 aromatic rings. The quantitative estimate of drug-likeness (QED) is 0.524. The summed E-state index contributed by atoms with van der Waals surface area (Å²) in [7, 11) is 0. The molecule has 1 fully saturated rings. The van der Waals surface area contributed by atoms with E-state index in [0.717, 1.165) is 0 Å². The van der Waals surface area contributed by atoms with Gasteiger partial charge in [-0.15, -0.1) is 0 Å². The Balaban J connectivity index is 2.04. The van der Waals surface area contributed by atoms with Gasteiger partial charge in [-0.1, -0.05) is 0 Å². The van der Waals surface area contributed by atoms with Crippen molar-refractivity contribution in [1.29, 1.82) is 0 Å². The molecular formula is C13H19N5O5. The summed E-state index contributed by atoms with van der Waals surface area (Å²) < 4.78 is 12.5. The van der Waals surface area contributed by atoms with E-state index in [2.05, 4.69) is 15.0 Å². The van der Waals surface area contributed by atoms with Crippen molar-refractivity contribution in [3.8, 4) is 5.88 Å². The van der Waals surface area contributed by atoms with E-state index in [9.17, 15) is 15.3 Å². The maximum atomic E-state index is 10.4. The maximum Gasteiger partial charge on any atom is 0.247 e. The van der Waals surface area contributed by atoms with Crippen molar-refractivity contribution in [2.45, 2.75) is 25.4 Å². The number of aromatic nitrogens is 4. The van der Waals surface area contributed by atoms with Gasteiger partial charge in [0, 0.05) is 5.92 Å². The lowest BCUT2D eigenvalue weighted by Gasteiger charge is -2.17. The number of hydrogen-bond donors (Lipinski definition) is 4. The summed E-state index contributed by atoms with van der Waals surface area (Å²) in [6.07, 6.45) is -1.12. The van der Waals surface area contributed by atoms with E-state index in [4.69, 9.17) is 15.2 Å². The number of aliphatic hydroxyl groups is 3. The van der Waals surface area contributed by atoms with Crippen molar-refractivity contribution in [3.05, 3.63) is 6.33 Å². The van der Waals surface area contributed by atoms with Crippen LogP contribution in [0.1, 0.15) is 13.2 Å². The van der Waals surface area contributed by atoms with Crippen LogP contribution in [0.2, 0.25) is 0 Å². The first-order valence-electron chi connectivity index (χ1n) is 7.28. The van der Waals surface area contributed by atoms with Crippen molar-refractivity contribution >= 4 is 17.1 Å². The third-order valence-corrected chi connectivity index (χ3v) is 3.88. The Labute approximate surface area is 131 Å². The van der Waals surface area contributed by atoms with Crippen LogP contribution in [0, 0.1) is 5.92 Å². The van der Waals surface area contributed by atoms with Gasteiger partial charge in [0.2, 0.25) is 11.8 Å². The fourth-order valence-corrected chi connectivity index (χ4v) is 2.76. The molecule has 2 aromatic heterocycles. The molecule has 5 N–H and O–H groups in total. The minimum Gasteiger partial charge on any atom is -0.476 e. The fourth-order valence-electron chi connectivity index (χ4n) is 2.76. The number of hydrogen-bond acceptors (Lipinski definition) is 9. The summed E-state index contributed by atoms with van der Waals surface area (Å²) in [5.41, 5.74) is 6.44. The largest absolute Gasteiger partial charge is 0.476 e. The molecule has 23 heavy (non-hydrogen) atoms. The van der Waals surface area contributed by atoms with Crippen LogP contribution in [0.25, 0.3) is 11.2 Å². The number of nitrogens with zero attached hydrogens (tertiary/aromatic N) is 4. The third kappa shape index (κ3) is 2.59. The molecule has 3 heterocycles. The second-order valence-corrected chi connectivity index (χ2v) is 5.23. The van der Waals surface area contributed by atoms with Crippen LogP contribution in [0.4, 0.5) is 5.95 Å². The number of nitrogen functional groups attached to an aromatic ring is 1. The highest BCUT2D eigenvalue weighted by Gasteiger charge is 2.44. The lowest BCUT2D eigenvalue weighted by atomic mass is 9.99. The van der Waals surface area contributed by atoms with Gasteiger partial charge in [-0.25, -0.2) is 4.98 Å². The predicted molar refractivity (Wildman–Crippen MR) is 78.5 cm³/mol. The maximum absolute atomic E-state index is 10.4. The van der Waals surface area contributed by atoms with Crippen LogP contribution in [0.3, 0.4) is 0 Å². The van der Waals surface area contributed by atoms with Gasteiger partial charge < -0.3 is 30.5 Å². The normalized spacial score (nSPS) is 27.7. The molecule has 0 unspecified atom stereocenters. The molecule has 1 aliphatic rings. The smallest absolute Gasteiger partial charge is 0.247 e. The van der Waals surface area contributed by atoms with Gasteiger partial charge in [0.05, 0.1) is 32.3 Å². The van der Waals surface area contributed by atoms with Gasteiger partial charge in [-0.05, 0) is 6.92 Å². The molecular weight excluding hydrogens is 306 g/mol. The number of imidazole rings is 1. The highest BCUT2D eigenvalue weighted by atomic mass is 16.5. The van der Waals surface area contributed by atoms with Gasteiger partial charge in [-0.2, -0.15) is 9.97 Å². The summed E-state index contributed by atoms with van der Waals surface area (Å²) >= 11 is 0. The van der Waals surface area contributed by atoms with Crippen LogP contribution >= 0.6 is 0 Å². The first-order valence-corrected chi connectivity index (χ1v) is 7.28. The van der Waals surface area contributed by atoms with Crippen LogP contribution in [0.5, 0.6) is 5.88 Å². The standard InChI is InChI=1S/C13H19N5O5/c1-2-22-11-8-10(16-13(14)17-11)18(5-15-8)12-9(21)6(3-19)7(4-20)23-12/h5-7,9,12,19-21H,2-4H2,1H3,(H2,14,16,17)/t6-,7-,9-,12-/m1/s1. The molecule has 0 aliphatic carbocycles. The highest BCUT2D eigenvalue weighted by Crippen LogP contribution is 2.36. The van der Waals surface area contributed by atoms with Gasteiger partial charge in [0.15, 0.2) is 17.4 Å². The van der Waals surface area contributed by atoms with Crippen LogP contribution in [0.15, 0.2) is 6.33 Å². The van der Waals surface area contributed by atoms with Crippen LogP contribution in [-0.2, 0) is 4.74 Å². The lowest BCUT2D eigenvalue weighted by Crippen LogP contribution is -2.30. The Hall–Kier alpha value is -2.01. The summed E-state index contributed by atoms with van der Waals surface area (Å²) in [5, 5.41) is 29.1. The topological polar surface area (TPSA) is 149 Å². The van der Waals surface area contributed by atoms with Crippen molar-refractivity contribution < 1.29 is 24.8 Å². The predicted octanol–water partition coefficient (Wildman–Crippen LogP) is -1.33. The zero-order chi connectivity index (χ0) is 16.6. The second kappa shape index (κ2) is 6.24. The summed E-state index contributed by atoms with van der Waals surface area (Å²) in [6, 6.07) is 0. The average molecular weight is 325 g/mol. The lowest BCUT2D eigenvalue weighted by molar-refractivity contribution is -0.0496. The van der Waals surface area contributed by atoms with Gasteiger partial charge >= 0.3 is 0 Å². The van der Waals surface area contributed by atoms with Gasteiger partial charge in [-0.3, -0.25) is 4.57 Å². The van der Waals surface area contributed by atoms with Gasteiger partial charge in [0.1, 0.15) is 6.10 Å². The Morgan fingerprint density at radius 1 is 1.35 bits per heavy atom. The van der Waals surface area contributed by atoms with E-state index in [1.807, 2.05) is 6.92 Å². The molecule has 0 amide bonds. The van der Waals surface area contributed by atoms with E-state index in [1.54, 1.807) is 0 Å². The molecule has 0 spiro atoms. The van der Waals surface area contributed by atoms with Crippen molar-refractivity contribution in [2.24, 2.45) is 5.92 Å². The molecule has 4 atom stereocenters.